The third-order valence-electron chi connectivity index (χ3n) is 6.32. The van der Waals surface area contributed by atoms with E-state index in [9.17, 15) is 0 Å². The van der Waals surface area contributed by atoms with Crippen LogP contribution in [0.25, 0.3) is 0 Å². The monoisotopic (exact) mass is 362 g/mol. The molecule has 0 N–H and O–H groups in total. The largest absolute Gasteiger partial charge is 0.346 e. The highest BCUT2D eigenvalue weighted by Gasteiger charge is 2.51. The molecule has 2 aromatic carbocycles. The van der Waals surface area contributed by atoms with Crippen molar-refractivity contribution < 1.29 is 0 Å². The number of anilines is 4. The molecule has 3 heterocycles. The Labute approximate surface area is 163 Å². The predicted molar refractivity (Wildman–Crippen MR) is 115 cm³/mol. The summed E-state index contributed by atoms with van der Waals surface area (Å²) in [5, 5.41) is 0. The molecule has 0 saturated carbocycles. The van der Waals surface area contributed by atoms with E-state index < -0.39 is 0 Å². The van der Waals surface area contributed by atoms with E-state index in [0.717, 1.165) is 13.1 Å². The molecule has 5 rings (SSSR count). The molecular weight excluding hydrogens is 332 g/mol. The van der Waals surface area contributed by atoms with Crippen LogP contribution in [0.15, 0.2) is 48.5 Å². The summed E-state index contributed by atoms with van der Waals surface area (Å²) in [4.78, 5) is 10.6. The Morgan fingerprint density at radius 3 is 1.37 bits per heavy atom. The Balaban J connectivity index is 1.69. The van der Waals surface area contributed by atoms with Crippen molar-refractivity contribution in [2.45, 2.75) is 58.5 Å². The molecule has 0 bridgehead atoms. The zero-order valence-electron chi connectivity index (χ0n) is 16.8. The van der Waals surface area contributed by atoms with Crippen LogP contribution in [0.3, 0.4) is 0 Å². The van der Waals surface area contributed by atoms with Gasteiger partial charge in [-0.05, 0) is 58.4 Å². The zero-order valence-corrected chi connectivity index (χ0v) is 16.8. The van der Waals surface area contributed by atoms with Crippen molar-refractivity contribution in [1.82, 2.24) is 0 Å². The lowest BCUT2D eigenvalue weighted by molar-refractivity contribution is 0.434. The SMILES string of the molecule is CC(C)N1c2ccccc2N2CCCN3c4ccccc4N(C(C)C)[C@@H]3C21. The fraction of sp³-hybridized carbons (Fsp3) is 0.478. The zero-order chi connectivity index (χ0) is 18.7. The van der Waals surface area contributed by atoms with Gasteiger partial charge < -0.3 is 19.6 Å². The first-order valence-electron chi connectivity index (χ1n) is 10.4. The Morgan fingerprint density at radius 2 is 1.00 bits per heavy atom. The Bertz CT molecular complexity index is 776. The van der Waals surface area contributed by atoms with Gasteiger partial charge in [0.1, 0.15) is 12.3 Å². The summed E-state index contributed by atoms with van der Waals surface area (Å²) in [5.74, 6) is 0. The van der Waals surface area contributed by atoms with Crippen molar-refractivity contribution in [3.63, 3.8) is 0 Å². The molecule has 4 heteroatoms. The van der Waals surface area contributed by atoms with Crippen molar-refractivity contribution in [1.29, 1.82) is 0 Å². The molecule has 0 aliphatic carbocycles. The second kappa shape index (κ2) is 6.08. The van der Waals surface area contributed by atoms with Crippen molar-refractivity contribution in [2.75, 3.05) is 32.7 Å². The molecule has 0 radical (unpaired) electrons. The van der Waals surface area contributed by atoms with Gasteiger partial charge in [0.15, 0.2) is 0 Å². The molecule has 3 aliphatic heterocycles. The average Bonchev–Trinajstić information content (AvgIpc) is 3.08. The van der Waals surface area contributed by atoms with Gasteiger partial charge >= 0.3 is 0 Å². The van der Waals surface area contributed by atoms with Gasteiger partial charge in [0, 0.05) is 25.2 Å². The fourth-order valence-corrected chi connectivity index (χ4v) is 5.41. The summed E-state index contributed by atoms with van der Waals surface area (Å²) in [6.07, 6.45) is 1.85. The molecule has 1 unspecified atom stereocenters. The average molecular weight is 363 g/mol. The van der Waals surface area contributed by atoms with Crippen molar-refractivity contribution in [3.8, 4) is 0 Å². The maximum atomic E-state index is 2.67. The second-order valence-electron chi connectivity index (χ2n) is 8.55. The van der Waals surface area contributed by atoms with E-state index in [-0.39, 0.29) is 0 Å². The maximum absolute atomic E-state index is 2.67. The Hall–Kier alpha value is -2.36. The quantitative estimate of drug-likeness (QED) is 0.779. The Morgan fingerprint density at radius 1 is 0.630 bits per heavy atom. The Kier molecular flexibility index (Phi) is 3.78. The molecule has 1 saturated heterocycles. The van der Waals surface area contributed by atoms with Gasteiger partial charge in [-0.3, -0.25) is 0 Å². The van der Waals surface area contributed by atoms with E-state index in [1.54, 1.807) is 0 Å². The van der Waals surface area contributed by atoms with Crippen LogP contribution in [0.1, 0.15) is 34.1 Å². The van der Waals surface area contributed by atoms with Crippen LogP contribution in [0.4, 0.5) is 22.7 Å². The number of hydrogen-bond donors (Lipinski definition) is 0. The van der Waals surface area contributed by atoms with Crippen LogP contribution in [0.5, 0.6) is 0 Å². The maximum Gasteiger partial charge on any atom is 0.142 e. The molecule has 1 fully saturated rings. The summed E-state index contributed by atoms with van der Waals surface area (Å²) in [7, 11) is 0. The van der Waals surface area contributed by atoms with Crippen molar-refractivity contribution >= 4 is 22.7 Å². The molecule has 27 heavy (non-hydrogen) atoms. The van der Waals surface area contributed by atoms with Crippen LogP contribution >= 0.6 is 0 Å². The number of benzene rings is 2. The number of para-hydroxylation sites is 4. The summed E-state index contributed by atoms with van der Waals surface area (Å²) in [5.41, 5.74) is 5.58. The molecule has 2 aromatic rings. The first-order chi connectivity index (χ1) is 13.1. The number of rotatable bonds is 2. The predicted octanol–water partition coefficient (Wildman–Crippen LogP) is 4.51. The van der Waals surface area contributed by atoms with Crippen molar-refractivity contribution in [2.24, 2.45) is 0 Å². The number of fused-ring (bicyclic) bond motifs is 7. The van der Waals surface area contributed by atoms with Gasteiger partial charge in [0.2, 0.25) is 0 Å². The van der Waals surface area contributed by atoms with E-state index in [1.807, 2.05) is 0 Å². The standard InChI is InChI=1S/C23H30N4/c1-16(2)26-20-12-7-5-10-18(20)24-14-9-15-25-19-11-6-8-13-21(19)27(17(3)4)23(25)22(24)26/h5-8,10-13,16-17,22-23H,9,14-15H2,1-4H3/t22-,23?/m1/s1. The molecule has 0 spiro atoms. The molecule has 142 valence electrons. The van der Waals surface area contributed by atoms with Crippen LogP contribution in [0.2, 0.25) is 0 Å². The molecular formula is C23H30N4. The lowest BCUT2D eigenvalue weighted by Crippen LogP contribution is -2.63. The highest BCUT2D eigenvalue weighted by atomic mass is 15.5. The number of hydrogen-bond acceptors (Lipinski definition) is 4. The van der Waals surface area contributed by atoms with Crippen molar-refractivity contribution in [3.05, 3.63) is 48.5 Å². The van der Waals surface area contributed by atoms with E-state index in [0.29, 0.717) is 24.4 Å². The number of nitrogens with zero attached hydrogens (tertiary/aromatic N) is 4. The minimum Gasteiger partial charge on any atom is -0.346 e. The third kappa shape index (κ3) is 2.28. The third-order valence-corrected chi connectivity index (χ3v) is 6.32. The topological polar surface area (TPSA) is 13.0 Å². The van der Waals surface area contributed by atoms with Gasteiger partial charge in [-0.15, -0.1) is 0 Å². The lowest BCUT2D eigenvalue weighted by atomic mass is 10.2. The van der Waals surface area contributed by atoms with E-state index >= 15 is 0 Å². The second-order valence-corrected chi connectivity index (χ2v) is 8.55. The molecule has 4 nitrogen and oxygen atoms in total. The van der Waals surface area contributed by atoms with Gasteiger partial charge in [-0.2, -0.15) is 0 Å². The molecule has 3 aliphatic rings. The van der Waals surface area contributed by atoms with Crippen LogP contribution in [0, 0.1) is 0 Å². The summed E-state index contributed by atoms with van der Waals surface area (Å²) >= 11 is 0. The molecule has 0 amide bonds. The summed E-state index contributed by atoms with van der Waals surface area (Å²) in [6, 6.07) is 18.9. The van der Waals surface area contributed by atoms with Gasteiger partial charge in [-0.25, -0.2) is 0 Å². The summed E-state index contributed by atoms with van der Waals surface area (Å²) in [6.45, 7) is 11.6. The molecule has 2 atom stereocenters. The highest BCUT2D eigenvalue weighted by molar-refractivity contribution is 5.83. The smallest absolute Gasteiger partial charge is 0.142 e. The van der Waals surface area contributed by atoms with Gasteiger partial charge in [0.25, 0.3) is 0 Å². The van der Waals surface area contributed by atoms with Crippen LogP contribution < -0.4 is 19.6 Å². The van der Waals surface area contributed by atoms with E-state index in [2.05, 4.69) is 95.8 Å². The fourth-order valence-electron chi connectivity index (χ4n) is 5.41. The van der Waals surface area contributed by atoms with Gasteiger partial charge in [-0.1, -0.05) is 24.3 Å². The molecule has 0 aromatic heterocycles. The normalized spacial score (nSPS) is 23.5. The summed E-state index contributed by atoms with van der Waals surface area (Å²) < 4.78 is 0. The van der Waals surface area contributed by atoms with E-state index in [1.165, 1.54) is 29.2 Å². The highest BCUT2D eigenvalue weighted by Crippen LogP contribution is 2.49. The van der Waals surface area contributed by atoms with Crippen LogP contribution in [-0.2, 0) is 0 Å². The lowest BCUT2D eigenvalue weighted by Gasteiger charge is -2.45. The van der Waals surface area contributed by atoms with E-state index in [4.69, 9.17) is 0 Å². The first kappa shape index (κ1) is 16.8. The first-order valence-corrected chi connectivity index (χ1v) is 10.4. The van der Waals surface area contributed by atoms with Gasteiger partial charge in [0.05, 0.1) is 22.7 Å². The minimum absolute atomic E-state index is 0.333. The minimum atomic E-state index is 0.333. The van der Waals surface area contributed by atoms with Crippen LogP contribution in [-0.4, -0.2) is 37.5 Å².